The number of nitrogens with zero attached hydrogens (tertiary/aromatic N) is 1. The van der Waals surface area contributed by atoms with E-state index in [1.54, 1.807) is 25.1 Å². The number of amides is 1. The smallest absolute Gasteiger partial charge is 0.258 e. The van der Waals surface area contributed by atoms with Gasteiger partial charge in [-0.2, -0.15) is 5.10 Å². The first-order valence-electron chi connectivity index (χ1n) is 4.96. The van der Waals surface area contributed by atoms with Gasteiger partial charge in [-0.3, -0.25) is 9.89 Å². The Kier molecular flexibility index (Phi) is 3.14. The van der Waals surface area contributed by atoms with E-state index < -0.39 is 0 Å². The summed E-state index contributed by atoms with van der Waals surface area (Å²) in [4.78, 5) is 11.9. The molecule has 0 bridgehead atoms. The zero-order chi connectivity index (χ0) is 12.4. The highest BCUT2D eigenvalue weighted by atomic mass is 79.9. The van der Waals surface area contributed by atoms with Gasteiger partial charge in [0.05, 0.1) is 16.9 Å². The van der Waals surface area contributed by atoms with Crippen molar-refractivity contribution < 1.29 is 4.79 Å². The third-order valence-electron chi connectivity index (χ3n) is 2.34. The predicted molar refractivity (Wildman–Crippen MR) is 69.8 cm³/mol. The van der Waals surface area contributed by atoms with Crippen LogP contribution < -0.4 is 11.1 Å². The van der Waals surface area contributed by atoms with Gasteiger partial charge < -0.3 is 11.1 Å². The number of anilines is 2. The van der Waals surface area contributed by atoms with E-state index in [9.17, 15) is 4.79 Å². The van der Waals surface area contributed by atoms with Crippen molar-refractivity contribution in [3.63, 3.8) is 0 Å². The number of benzene rings is 1. The molecule has 0 fully saturated rings. The Morgan fingerprint density at radius 3 is 2.76 bits per heavy atom. The van der Waals surface area contributed by atoms with Gasteiger partial charge in [-0.15, -0.1) is 0 Å². The Hall–Kier alpha value is -1.82. The monoisotopic (exact) mass is 294 g/mol. The minimum absolute atomic E-state index is 0.254. The average molecular weight is 295 g/mol. The molecule has 0 aliphatic rings. The molecular weight excluding hydrogens is 284 g/mol. The van der Waals surface area contributed by atoms with Crippen LogP contribution in [0.5, 0.6) is 0 Å². The fourth-order valence-electron chi connectivity index (χ4n) is 1.35. The molecule has 0 spiro atoms. The van der Waals surface area contributed by atoms with Gasteiger partial charge in [0, 0.05) is 4.47 Å². The zero-order valence-electron chi connectivity index (χ0n) is 9.12. The molecule has 5 nitrogen and oxygen atoms in total. The van der Waals surface area contributed by atoms with Gasteiger partial charge in [0.15, 0.2) is 5.82 Å². The summed E-state index contributed by atoms with van der Waals surface area (Å²) in [6, 6.07) is 7.15. The van der Waals surface area contributed by atoms with Gasteiger partial charge in [0.25, 0.3) is 5.91 Å². The fraction of sp³-hybridized carbons (Fsp3) is 0.0909. The number of aromatic amines is 1. The number of halogens is 1. The number of H-pyrrole nitrogens is 1. The lowest BCUT2D eigenvalue weighted by Gasteiger charge is -2.04. The highest BCUT2D eigenvalue weighted by Gasteiger charge is 2.13. The van der Waals surface area contributed by atoms with Crippen molar-refractivity contribution in [3.05, 3.63) is 40.0 Å². The van der Waals surface area contributed by atoms with Crippen LogP contribution in [-0.2, 0) is 0 Å². The maximum atomic E-state index is 11.9. The number of hydrogen-bond donors (Lipinski definition) is 3. The molecule has 0 atom stereocenters. The summed E-state index contributed by atoms with van der Waals surface area (Å²) in [5.74, 6) is 0.0962. The summed E-state index contributed by atoms with van der Waals surface area (Å²) in [6.45, 7) is 1.79. The lowest BCUT2D eigenvalue weighted by atomic mass is 10.2. The minimum atomic E-state index is -0.254. The fourth-order valence-corrected chi connectivity index (χ4v) is 1.82. The molecule has 0 saturated heterocycles. The van der Waals surface area contributed by atoms with Crippen molar-refractivity contribution in [1.82, 2.24) is 10.2 Å². The van der Waals surface area contributed by atoms with Gasteiger partial charge in [0.1, 0.15) is 0 Å². The normalized spacial score (nSPS) is 10.2. The minimum Gasteiger partial charge on any atom is -0.394 e. The number of aryl methyl sites for hydroxylation is 1. The maximum absolute atomic E-state index is 11.9. The summed E-state index contributed by atoms with van der Waals surface area (Å²) in [5.41, 5.74) is 7.46. The van der Waals surface area contributed by atoms with Crippen molar-refractivity contribution >= 4 is 33.3 Å². The molecule has 2 rings (SSSR count). The molecule has 0 aliphatic heterocycles. The number of carbonyl (C=O) groups excluding carboxylic acids is 1. The van der Waals surface area contributed by atoms with E-state index in [4.69, 9.17) is 5.73 Å². The topological polar surface area (TPSA) is 83.8 Å². The van der Waals surface area contributed by atoms with E-state index in [2.05, 4.69) is 31.4 Å². The van der Waals surface area contributed by atoms with E-state index >= 15 is 0 Å². The number of carbonyl (C=O) groups is 1. The number of nitrogens with two attached hydrogens (primary N) is 1. The van der Waals surface area contributed by atoms with Gasteiger partial charge >= 0.3 is 0 Å². The molecule has 0 saturated carbocycles. The van der Waals surface area contributed by atoms with Crippen molar-refractivity contribution in [1.29, 1.82) is 0 Å². The van der Waals surface area contributed by atoms with Gasteiger partial charge in [-0.25, -0.2) is 0 Å². The Balaban J connectivity index is 2.23. The van der Waals surface area contributed by atoms with Crippen LogP contribution in [0.4, 0.5) is 11.5 Å². The number of nitrogen functional groups attached to an aromatic ring is 1. The average Bonchev–Trinajstić information content (AvgIpc) is 2.61. The first kappa shape index (κ1) is 11.7. The zero-order valence-corrected chi connectivity index (χ0v) is 10.7. The van der Waals surface area contributed by atoms with Gasteiger partial charge in [-0.05, 0) is 35.0 Å². The maximum Gasteiger partial charge on any atom is 0.258 e. The van der Waals surface area contributed by atoms with Crippen LogP contribution in [0.15, 0.2) is 28.7 Å². The molecule has 1 heterocycles. The van der Waals surface area contributed by atoms with Crippen LogP contribution in [-0.4, -0.2) is 16.1 Å². The number of rotatable bonds is 2. The summed E-state index contributed by atoms with van der Waals surface area (Å²) < 4.78 is 0.725. The Morgan fingerprint density at radius 1 is 1.47 bits per heavy atom. The van der Waals surface area contributed by atoms with E-state index in [1.807, 2.05) is 6.07 Å². The second-order valence-corrected chi connectivity index (χ2v) is 4.40. The van der Waals surface area contributed by atoms with Gasteiger partial charge in [-0.1, -0.05) is 12.1 Å². The van der Waals surface area contributed by atoms with E-state index in [1.165, 1.54) is 0 Å². The van der Waals surface area contributed by atoms with E-state index in [-0.39, 0.29) is 5.91 Å². The SMILES string of the molecule is Cc1[nH]nc(NC(=O)c2ccccc2Br)c1N. The van der Waals surface area contributed by atoms with Crippen molar-refractivity contribution in [2.24, 2.45) is 0 Å². The Bertz CT molecular complexity index is 564. The molecular formula is C11H11BrN4O. The van der Waals surface area contributed by atoms with Crippen LogP contribution >= 0.6 is 15.9 Å². The largest absolute Gasteiger partial charge is 0.394 e. The molecule has 4 N–H and O–H groups in total. The lowest BCUT2D eigenvalue weighted by Crippen LogP contribution is -2.13. The first-order chi connectivity index (χ1) is 8.09. The van der Waals surface area contributed by atoms with Crippen LogP contribution in [0, 0.1) is 6.92 Å². The van der Waals surface area contributed by atoms with Crippen molar-refractivity contribution in [2.45, 2.75) is 6.92 Å². The summed E-state index contributed by atoms with van der Waals surface area (Å²) in [7, 11) is 0. The quantitative estimate of drug-likeness (QED) is 0.795. The first-order valence-corrected chi connectivity index (χ1v) is 5.75. The number of aromatic nitrogens is 2. The predicted octanol–water partition coefficient (Wildman–Crippen LogP) is 2.32. The second-order valence-electron chi connectivity index (χ2n) is 3.54. The number of hydrogen-bond acceptors (Lipinski definition) is 3. The van der Waals surface area contributed by atoms with Crippen LogP contribution in [0.25, 0.3) is 0 Å². The van der Waals surface area contributed by atoms with Crippen molar-refractivity contribution in [2.75, 3.05) is 11.1 Å². The molecule has 0 radical (unpaired) electrons. The molecule has 0 aliphatic carbocycles. The van der Waals surface area contributed by atoms with Crippen LogP contribution in [0.1, 0.15) is 16.1 Å². The lowest BCUT2D eigenvalue weighted by molar-refractivity contribution is 0.102. The molecule has 1 aromatic heterocycles. The molecule has 88 valence electrons. The van der Waals surface area contributed by atoms with Gasteiger partial charge in [0.2, 0.25) is 0 Å². The van der Waals surface area contributed by atoms with Crippen LogP contribution in [0.2, 0.25) is 0 Å². The molecule has 1 amide bonds. The van der Waals surface area contributed by atoms with E-state index in [0.717, 1.165) is 10.2 Å². The Labute approximate surface area is 107 Å². The molecule has 6 heteroatoms. The molecule has 2 aromatic rings. The third-order valence-corrected chi connectivity index (χ3v) is 3.04. The molecule has 17 heavy (non-hydrogen) atoms. The standard InChI is InChI=1S/C11H11BrN4O/c1-6-9(13)10(16-15-6)14-11(17)7-4-2-3-5-8(7)12/h2-5H,13H2,1H3,(H2,14,15,16,17). The van der Waals surface area contributed by atoms with E-state index in [0.29, 0.717) is 17.1 Å². The number of nitrogens with one attached hydrogen (secondary N) is 2. The summed E-state index contributed by atoms with van der Waals surface area (Å²) in [6.07, 6.45) is 0. The summed E-state index contributed by atoms with van der Waals surface area (Å²) >= 11 is 3.31. The summed E-state index contributed by atoms with van der Waals surface area (Å²) in [5, 5.41) is 9.27. The Morgan fingerprint density at radius 2 is 2.18 bits per heavy atom. The van der Waals surface area contributed by atoms with Crippen molar-refractivity contribution in [3.8, 4) is 0 Å². The molecule has 0 unspecified atom stereocenters. The molecule has 1 aromatic carbocycles. The highest BCUT2D eigenvalue weighted by Crippen LogP contribution is 2.21. The third kappa shape index (κ3) is 2.31. The highest BCUT2D eigenvalue weighted by molar-refractivity contribution is 9.10. The second kappa shape index (κ2) is 4.58. The van der Waals surface area contributed by atoms with Crippen LogP contribution in [0.3, 0.4) is 0 Å².